The molecular formula is C26H30N6O2S. The maximum absolute atomic E-state index is 13.0. The highest BCUT2D eigenvalue weighted by Gasteiger charge is 2.29. The molecule has 35 heavy (non-hydrogen) atoms. The molecule has 5 rings (SSSR count). The van der Waals surface area contributed by atoms with Gasteiger partial charge in [0.15, 0.2) is 5.65 Å². The van der Waals surface area contributed by atoms with Crippen LogP contribution in [-0.4, -0.2) is 58.7 Å². The second-order valence-corrected chi connectivity index (χ2v) is 10.8. The van der Waals surface area contributed by atoms with E-state index in [1.807, 2.05) is 72.3 Å². The number of hydrogen-bond donors (Lipinski definition) is 0. The Morgan fingerprint density at radius 2 is 1.54 bits per heavy atom. The van der Waals surface area contributed by atoms with Crippen LogP contribution < -0.4 is 4.90 Å². The van der Waals surface area contributed by atoms with Gasteiger partial charge in [-0.15, -0.1) is 0 Å². The number of hydrogen-bond acceptors (Lipinski definition) is 6. The molecule has 1 aliphatic heterocycles. The van der Waals surface area contributed by atoms with E-state index in [0.717, 1.165) is 52.5 Å². The molecule has 0 unspecified atom stereocenters. The molecular weight excluding hydrogens is 460 g/mol. The molecule has 1 aliphatic rings. The number of anilines is 1. The van der Waals surface area contributed by atoms with Crippen LogP contribution in [0.15, 0.2) is 60.7 Å². The van der Waals surface area contributed by atoms with Gasteiger partial charge in [0.25, 0.3) is 0 Å². The number of rotatable bonds is 7. The lowest BCUT2D eigenvalue weighted by atomic mass is 10.2. The maximum atomic E-state index is 13.0. The molecule has 1 saturated heterocycles. The van der Waals surface area contributed by atoms with Gasteiger partial charge in [-0.1, -0.05) is 55.5 Å². The molecule has 2 aromatic carbocycles. The van der Waals surface area contributed by atoms with Crippen molar-refractivity contribution in [3.8, 4) is 5.69 Å². The first-order valence-electron chi connectivity index (χ1n) is 12.0. The lowest BCUT2D eigenvalue weighted by Crippen LogP contribution is -2.49. The number of aryl methyl sites for hydroxylation is 2. The topological polar surface area (TPSA) is 84.2 Å². The van der Waals surface area contributed by atoms with Crippen LogP contribution in [-0.2, 0) is 22.2 Å². The third kappa shape index (κ3) is 4.78. The van der Waals surface area contributed by atoms with Gasteiger partial charge >= 0.3 is 0 Å². The van der Waals surface area contributed by atoms with E-state index < -0.39 is 10.0 Å². The molecule has 0 saturated carbocycles. The number of sulfonamides is 1. The van der Waals surface area contributed by atoms with Gasteiger partial charge in [-0.05, 0) is 31.0 Å². The smallest absolute Gasteiger partial charge is 0.218 e. The van der Waals surface area contributed by atoms with Crippen molar-refractivity contribution in [1.82, 2.24) is 24.1 Å². The Balaban J connectivity index is 1.45. The van der Waals surface area contributed by atoms with Gasteiger partial charge in [0.2, 0.25) is 10.0 Å². The Morgan fingerprint density at radius 3 is 2.20 bits per heavy atom. The highest BCUT2D eigenvalue weighted by molar-refractivity contribution is 7.88. The molecule has 0 bridgehead atoms. The molecule has 1 fully saturated rings. The minimum absolute atomic E-state index is 0.0230. The summed E-state index contributed by atoms with van der Waals surface area (Å²) in [7, 11) is -3.38. The molecule has 9 heteroatoms. The average Bonchev–Trinajstić information content (AvgIpc) is 3.21. The Labute approximate surface area is 206 Å². The predicted octanol–water partition coefficient (Wildman–Crippen LogP) is 3.73. The van der Waals surface area contributed by atoms with Crippen LogP contribution in [0, 0.1) is 6.92 Å². The second-order valence-electron chi connectivity index (χ2n) is 8.87. The van der Waals surface area contributed by atoms with Gasteiger partial charge in [-0.3, -0.25) is 0 Å². The molecule has 182 valence electrons. The van der Waals surface area contributed by atoms with Crippen molar-refractivity contribution in [1.29, 1.82) is 0 Å². The van der Waals surface area contributed by atoms with Crippen LogP contribution in [0.1, 0.15) is 30.4 Å². The zero-order valence-electron chi connectivity index (χ0n) is 20.1. The molecule has 0 amide bonds. The van der Waals surface area contributed by atoms with Gasteiger partial charge in [-0.2, -0.15) is 9.40 Å². The molecule has 0 radical (unpaired) electrons. The monoisotopic (exact) mass is 490 g/mol. The summed E-state index contributed by atoms with van der Waals surface area (Å²) in [6, 6.07) is 19.3. The number of fused-ring (bicyclic) bond motifs is 1. The fourth-order valence-electron chi connectivity index (χ4n) is 4.57. The number of benzene rings is 2. The van der Waals surface area contributed by atoms with Gasteiger partial charge < -0.3 is 4.90 Å². The van der Waals surface area contributed by atoms with E-state index in [1.165, 1.54) is 0 Å². The molecule has 0 atom stereocenters. The third-order valence-corrected chi connectivity index (χ3v) is 8.18. The largest absolute Gasteiger partial charge is 0.353 e. The van der Waals surface area contributed by atoms with Gasteiger partial charge in [0.1, 0.15) is 11.6 Å². The van der Waals surface area contributed by atoms with E-state index in [9.17, 15) is 8.42 Å². The van der Waals surface area contributed by atoms with Crippen LogP contribution >= 0.6 is 0 Å². The van der Waals surface area contributed by atoms with Crippen LogP contribution in [0.2, 0.25) is 0 Å². The highest BCUT2D eigenvalue weighted by atomic mass is 32.2. The summed E-state index contributed by atoms with van der Waals surface area (Å²) in [5.74, 6) is 1.65. The number of nitrogens with zero attached hydrogens (tertiary/aromatic N) is 6. The lowest BCUT2D eigenvalue weighted by Gasteiger charge is -2.35. The Hall–Kier alpha value is -3.30. The molecule has 2 aromatic heterocycles. The third-order valence-electron chi connectivity index (χ3n) is 6.33. The van der Waals surface area contributed by atoms with E-state index in [2.05, 4.69) is 11.8 Å². The summed E-state index contributed by atoms with van der Waals surface area (Å²) >= 11 is 0. The zero-order chi connectivity index (χ0) is 24.4. The van der Waals surface area contributed by atoms with Crippen LogP contribution in [0.4, 0.5) is 5.82 Å². The fraction of sp³-hybridized carbons (Fsp3) is 0.346. The summed E-state index contributed by atoms with van der Waals surface area (Å²) in [6.45, 7) is 6.09. The van der Waals surface area contributed by atoms with Crippen molar-refractivity contribution in [2.45, 2.75) is 32.4 Å². The fourth-order valence-corrected chi connectivity index (χ4v) is 6.09. The van der Waals surface area contributed by atoms with Gasteiger partial charge in [0, 0.05) is 32.6 Å². The zero-order valence-corrected chi connectivity index (χ0v) is 20.9. The van der Waals surface area contributed by atoms with Crippen molar-refractivity contribution in [2.24, 2.45) is 0 Å². The highest BCUT2D eigenvalue weighted by Crippen LogP contribution is 2.30. The summed E-state index contributed by atoms with van der Waals surface area (Å²) in [5.41, 5.74) is 3.41. The second kappa shape index (κ2) is 9.75. The van der Waals surface area contributed by atoms with E-state index in [4.69, 9.17) is 15.1 Å². The van der Waals surface area contributed by atoms with Gasteiger partial charge in [0.05, 0.1) is 22.5 Å². The first-order valence-corrected chi connectivity index (χ1v) is 13.7. The molecule has 4 aromatic rings. The Kier molecular flexibility index (Phi) is 6.53. The van der Waals surface area contributed by atoms with Crippen molar-refractivity contribution in [3.05, 3.63) is 77.7 Å². The SMILES string of the molecule is CCCc1nc(N2CCN(S(=O)(=O)Cc3ccccc3)CC2)c2c(C)nn(-c3ccccc3)c2n1. The lowest BCUT2D eigenvalue weighted by molar-refractivity contribution is 0.383. The predicted molar refractivity (Wildman–Crippen MR) is 138 cm³/mol. The summed E-state index contributed by atoms with van der Waals surface area (Å²) in [6.07, 6.45) is 1.71. The van der Waals surface area contributed by atoms with E-state index >= 15 is 0 Å². The molecule has 0 spiro atoms. The summed E-state index contributed by atoms with van der Waals surface area (Å²) in [4.78, 5) is 12.0. The van der Waals surface area contributed by atoms with E-state index in [-0.39, 0.29) is 5.75 Å². The van der Waals surface area contributed by atoms with Crippen molar-refractivity contribution < 1.29 is 8.42 Å². The minimum atomic E-state index is -3.38. The van der Waals surface area contributed by atoms with Crippen LogP contribution in [0.5, 0.6) is 0 Å². The molecule has 0 N–H and O–H groups in total. The average molecular weight is 491 g/mol. The van der Waals surface area contributed by atoms with Crippen molar-refractivity contribution in [2.75, 3.05) is 31.1 Å². The quantitative estimate of drug-likeness (QED) is 0.393. The van der Waals surface area contributed by atoms with Crippen LogP contribution in [0.3, 0.4) is 0 Å². The normalized spacial score (nSPS) is 15.1. The van der Waals surface area contributed by atoms with Crippen LogP contribution in [0.25, 0.3) is 16.7 Å². The number of piperazine rings is 1. The van der Waals surface area contributed by atoms with E-state index in [1.54, 1.807) is 4.31 Å². The van der Waals surface area contributed by atoms with Gasteiger partial charge in [-0.25, -0.2) is 23.1 Å². The molecule has 3 heterocycles. The Morgan fingerprint density at radius 1 is 0.886 bits per heavy atom. The first-order chi connectivity index (χ1) is 17.0. The Bertz CT molecular complexity index is 1410. The van der Waals surface area contributed by atoms with Crippen molar-refractivity contribution in [3.63, 3.8) is 0 Å². The summed E-state index contributed by atoms with van der Waals surface area (Å²) in [5, 5.41) is 5.72. The molecule has 8 nitrogen and oxygen atoms in total. The standard InChI is InChI=1S/C26H30N6O2S/c1-3-10-23-27-25(24-20(2)29-32(26(24)28-23)22-13-8-5-9-14-22)30-15-17-31(18-16-30)35(33,34)19-21-11-6-4-7-12-21/h4-9,11-14H,3,10,15-19H2,1-2H3. The maximum Gasteiger partial charge on any atom is 0.218 e. The minimum Gasteiger partial charge on any atom is -0.353 e. The van der Waals surface area contributed by atoms with Crippen molar-refractivity contribution >= 4 is 26.9 Å². The molecule has 0 aliphatic carbocycles. The number of aromatic nitrogens is 4. The summed E-state index contributed by atoms with van der Waals surface area (Å²) < 4.78 is 29.5. The first kappa shape index (κ1) is 23.4. The number of para-hydroxylation sites is 1. The van der Waals surface area contributed by atoms with E-state index in [0.29, 0.717) is 26.2 Å².